The predicted molar refractivity (Wildman–Crippen MR) is 67.4 cm³/mol. The highest BCUT2D eigenvalue weighted by Gasteiger charge is 2.43. The van der Waals surface area contributed by atoms with Gasteiger partial charge in [0, 0.05) is 0 Å². The molecule has 0 radical (unpaired) electrons. The fourth-order valence-electron chi connectivity index (χ4n) is 2.38. The molecule has 1 aromatic heterocycles. The van der Waals surface area contributed by atoms with Crippen molar-refractivity contribution >= 4 is 11.0 Å². The Bertz CT molecular complexity index is 552. The monoisotopic (exact) mass is 264 g/mol. The van der Waals surface area contributed by atoms with Gasteiger partial charge in [-0.3, -0.25) is 0 Å². The number of nitrogens with one attached hydrogen (secondary N) is 1. The van der Waals surface area contributed by atoms with Crippen molar-refractivity contribution < 1.29 is 20.1 Å². The van der Waals surface area contributed by atoms with Crippen molar-refractivity contribution in [1.29, 1.82) is 0 Å². The molecule has 1 aliphatic heterocycles. The van der Waals surface area contributed by atoms with Crippen molar-refractivity contribution in [2.75, 3.05) is 0 Å². The minimum atomic E-state index is -1.25. The molecule has 2 heterocycles. The third-order valence-electron chi connectivity index (χ3n) is 3.53. The predicted octanol–water partition coefficient (Wildman–Crippen LogP) is 0.105. The molecule has 6 heteroatoms. The SMILES string of the molecule is C[C@@H]1O[C@H](c2nc3ccccc3[nH]2)[C@H](O)[C@H](O)[C@H]1O. The van der Waals surface area contributed by atoms with E-state index in [-0.39, 0.29) is 0 Å². The van der Waals surface area contributed by atoms with Gasteiger partial charge in [-0.1, -0.05) is 12.1 Å². The van der Waals surface area contributed by atoms with Gasteiger partial charge in [0.2, 0.25) is 0 Å². The molecule has 0 bridgehead atoms. The zero-order chi connectivity index (χ0) is 13.6. The molecule has 0 amide bonds. The number of aliphatic hydroxyl groups excluding tert-OH is 3. The summed E-state index contributed by atoms with van der Waals surface area (Å²) in [7, 11) is 0. The molecule has 1 saturated heterocycles. The summed E-state index contributed by atoms with van der Waals surface area (Å²) >= 11 is 0. The maximum atomic E-state index is 10.0. The molecule has 6 nitrogen and oxygen atoms in total. The molecule has 2 aromatic rings. The maximum Gasteiger partial charge on any atom is 0.144 e. The number of para-hydroxylation sites is 2. The van der Waals surface area contributed by atoms with Gasteiger partial charge in [0.1, 0.15) is 30.2 Å². The van der Waals surface area contributed by atoms with E-state index < -0.39 is 30.5 Å². The molecule has 1 fully saturated rings. The van der Waals surface area contributed by atoms with Crippen LogP contribution in [0.25, 0.3) is 11.0 Å². The van der Waals surface area contributed by atoms with Crippen molar-refractivity contribution in [3.63, 3.8) is 0 Å². The second kappa shape index (κ2) is 4.57. The van der Waals surface area contributed by atoms with E-state index in [4.69, 9.17) is 4.74 Å². The van der Waals surface area contributed by atoms with E-state index in [0.717, 1.165) is 11.0 Å². The third kappa shape index (κ3) is 2.02. The quantitative estimate of drug-likeness (QED) is 0.586. The number of H-pyrrole nitrogens is 1. The van der Waals surface area contributed by atoms with Crippen LogP contribution in [0.15, 0.2) is 24.3 Å². The fraction of sp³-hybridized carbons (Fsp3) is 0.462. The van der Waals surface area contributed by atoms with Crippen molar-refractivity contribution in [2.45, 2.75) is 37.4 Å². The van der Waals surface area contributed by atoms with Gasteiger partial charge >= 0.3 is 0 Å². The number of ether oxygens (including phenoxy) is 1. The van der Waals surface area contributed by atoms with Crippen LogP contribution < -0.4 is 0 Å². The van der Waals surface area contributed by atoms with Crippen LogP contribution in [0.5, 0.6) is 0 Å². The molecular weight excluding hydrogens is 248 g/mol. The number of benzene rings is 1. The highest BCUT2D eigenvalue weighted by Crippen LogP contribution is 2.31. The first-order valence-corrected chi connectivity index (χ1v) is 6.22. The number of nitrogens with zero attached hydrogens (tertiary/aromatic N) is 1. The number of aromatic nitrogens is 2. The van der Waals surface area contributed by atoms with Crippen LogP contribution in [-0.2, 0) is 4.74 Å². The van der Waals surface area contributed by atoms with Crippen LogP contribution in [0, 0.1) is 0 Å². The Kier molecular flexibility index (Phi) is 3.02. The molecule has 0 aliphatic carbocycles. The standard InChI is InChI=1S/C13H16N2O4/c1-6-9(16)10(17)11(18)12(19-6)13-14-7-4-2-3-5-8(7)15-13/h2-6,9-12,16-18H,1H3,(H,14,15)/t6-,9-,10+,11+,12-/m0/s1. The minimum Gasteiger partial charge on any atom is -0.388 e. The van der Waals surface area contributed by atoms with Crippen molar-refractivity contribution in [3.05, 3.63) is 30.1 Å². The van der Waals surface area contributed by atoms with Crippen LogP contribution in [-0.4, -0.2) is 49.7 Å². The van der Waals surface area contributed by atoms with E-state index in [1.54, 1.807) is 6.92 Å². The molecule has 0 saturated carbocycles. The van der Waals surface area contributed by atoms with Gasteiger partial charge < -0.3 is 25.0 Å². The van der Waals surface area contributed by atoms with E-state index in [1.807, 2.05) is 24.3 Å². The molecule has 0 spiro atoms. The minimum absolute atomic E-state index is 0.450. The second-order valence-corrected chi connectivity index (χ2v) is 4.87. The lowest BCUT2D eigenvalue weighted by molar-refractivity contribution is -0.221. The van der Waals surface area contributed by atoms with Crippen LogP contribution in [0.2, 0.25) is 0 Å². The number of hydrogen-bond acceptors (Lipinski definition) is 5. The Morgan fingerprint density at radius 3 is 2.58 bits per heavy atom. The highest BCUT2D eigenvalue weighted by atomic mass is 16.5. The van der Waals surface area contributed by atoms with Gasteiger partial charge in [-0.25, -0.2) is 4.98 Å². The average Bonchev–Trinajstić information content (AvgIpc) is 2.84. The van der Waals surface area contributed by atoms with Gasteiger partial charge in [0.25, 0.3) is 0 Å². The molecule has 0 unspecified atom stereocenters. The van der Waals surface area contributed by atoms with Gasteiger partial charge in [-0.2, -0.15) is 0 Å². The number of aliphatic hydroxyl groups is 3. The lowest BCUT2D eigenvalue weighted by atomic mass is 9.95. The topological polar surface area (TPSA) is 98.6 Å². The van der Waals surface area contributed by atoms with E-state index in [1.165, 1.54) is 0 Å². The number of hydrogen-bond donors (Lipinski definition) is 4. The van der Waals surface area contributed by atoms with Gasteiger partial charge in [-0.05, 0) is 19.1 Å². The molecular formula is C13H16N2O4. The van der Waals surface area contributed by atoms with E-state index in [2.05, 4.69) is 9.97 Å². The normalized spacial score (nSPS) is 35.7. The van der Waals surface area contributed by atoms with E-state index in [9.17, 15) is 15.3 Å². The van der Waals surface area contributed by atoms with Crippen LogP contribution in [0.3, 0.4) is 0 Å². The Balaban J connectivity index is 1.96. The second-order valence-electron chi connectivity index (χ2n) is 4.87. The Morgan fingerprint density at radius 2 is 1.84 bits per heavy atom. The van der Waals surface area contributed by atoms with Gasteiger partial charge in [0.05, 0.1) is 17.1 Å². The Labute approximate surface area is 109 Å². The molecule has 5 atom stereocenters. The van der Waals surface area contributed by atoms with Crippen LogP contribution in [0.1, 0.15) is 18.9 Å². The Morgan fingerprint density at radius 1 is 1.11 bits per heavy atom. The molecule has 19 heavy (non-hydrogen) atoms. The molecule has 1 aliphatic rings. The summed E-state index contributed by atoms with van der Waals surface area (Å²) in [5.41, 5.74) is 1.60. The summed E-state index contributed by atoms with van der Waals surface area (Å²) in [6.45, 7) is 1.65. The van der Waals surface area contributed by atoms with Crippen molar-refractivity contribution in [1.82, 2.24) is 9.97 Å². The first kappa shape index (κ1) is 12.6. The van der Waals surface area contributed by atoms with Gasteiger partial charge in [-0.15, -0.1) is 0 Å². The fourth-order valence-corrected chi connectivity index (χ4v) is 2.38. The lowest BCUT2D eigenvalue weighted by Gasteiger charge is -2.38. The zero-order valence-electron chi connectivity index (χ0n) is 10.4. The van der Waals surface area contributed by atoms with Crippen molar-refractivity contribution in [3.8, 4) is 0 Å². The summed E-state index contributed by atoms with van der Waals surface area (Å²) in [5.74, 6) is 0.450. The van der Waals surface area contributed by atoms with Crippen molar-refractivity contribution in [2.24, 2.45) is 0 Å². The zero-order valence-corrected chi connectivity index (χ0v) is 10.4. The molecule has 4 N–H and O–H groups in total. The van der Waals surface area contributed by atoms with E-state index >= 15 is 0 Å². The lowest BCUT2D eigenvalue weighted by Crippen LogP contribution is -2.53. The van der Waals surface area contributed by atoms with E-state index in [0.29, 0.717) is 5.82 Å². The number of aromatic amines is 1. The average molecular weight is 264 g/mol. The summed E-state index contributed by atoms with van der Waals surface area (Å²) in [6, 6.07) is 7.46. The number of fused-ring (bicyclic) bond motifs is 1. The maximum absolute atomic E-state index is 10.0. The number of imidazole rings is 1. The largest absolute Gasteiger partial charge is 0.388 e. The van der Waals surface area contributed by atoms with Crippen LogP contribution >= 0.6 is 0 Å². The summed E-state index contributed by atoms with van der Waals surface area (Å²) < 4.78 is 5.54. The smallest absolute Gasteiger partial charge is 0.144 e. The summed E-state index contributed by atoms with van der Waals surface area (Å²) in [6.07, 6.45) is -4.92. The Hall–Kier alpha value is -1.47. The van der Waals surface area contributed by atoms with Gasteiger partial charge in [0.15, 0.2) is 0 Å². The highest BCUT2D eigenvalue weighted by molar-refractivity contribution is 5.74. The van der Waals surface area contributed by atoms with Crippen LogP contribution in [0.4, 0.5) is 0 Å². The summed E-state index contributed by atoms with van der Waals surface area (Å²) in [5, 5.41) is 29.5. The first-order valence-electron chi connectivity index (χ1n) is 6.22. The first-order chi connectivity index (χ1) is 9.08. The summed E-state index contributed by atoms with van der Waals surface area (Å²) in [4.78, 5) is 7.41. The molecule has 1 aromatic carbocycles. The molecule has 102 valence electrons. The molecule has 3 rings (SSSR count). The third-order valence-corrected chi connectivity index (χ3v) is 3.53. The number of rotatable bonds is 1.